The molecule has 1 aliphatic rings. The summed E-state index contributed by atoms with van der Waals surface area (Å²) in [7, 11) is 0. The van der Waals surface area contributed by atoms with Crippen molar-refractivity contribution in [1.29, 1.82) is 0 Å². The van der Waals surface area contributed by atoms with E-state index in [2.05, 4.69) is 60.2 Å². The lowest BCUT2D eigenvalue weighted by molar-refractivity contribution is -0.125. The van der Waals surface area contributed by atoms with Gasteiger partial charge in [0.1, 0.15) is 0 Å². The Kier molecular flexibility index (Phi) is 7.35. The first-order valence-electron chi connectivity index (χ1n) is 11.3. The van der Waals surface area contributed by atoms with Crippen LogP contribution in [0.4, 0.5) is 0 Å². The second kappa shape index (κ2) is 9.96. The van der Waals surface area contributed by atoms with E-state index in [-0.39, 0.29) is 5.91 Å². The number of carbonyl (C=O) groups excluding carboxylic acids is 1. The number of amides is 1. The zero-order valence-electron chi connectivity index (χ0n) is 18.3. The predicted molar refractivity (Wildman–Crippen MR) is 123 cm³/mol. The van der Waals surface area contributed by atoms with Crippen LogP contribution < -0.4 is 10.9 Å². The predicted octanol–water partition coefficient (Wildman–Crippen LogP) is 6.52. The monoisotopic (exact) mass is 392 g/mol. The first-order chi connectivity index (χ1) is 14.0. The first-order valence-corrected chi connectivity index (χ1v) is 11.3. The molecule has 1 amide bonds. The number of rotatable bonds is 10. The van der Waals surface area contributed by atoms with Crippen molar-refractivity contribution in [2.24, 2.45) is 5.41 Å². The molecule has 0 aromatic heterocycles. The van der Waals surface area contributed by atoms with Crippen molar-refractivity contribution in [2.45, 2.75) is 78.6 Å². The molecule has 0 radical (unpaired) electrons. The number of aryl methyl sites for hydroxylation is 1. The van der Waals surface area contributed by atoms with Gasteiger partial charge in [-0.05, 0) is 54.7 Å². The summed E-state index contributed by atoms with van der Waals surface area (Å²) in [5, 5.41) is 2.59. The van der Waals surface area contributed by atoms with Crippen LogP contribution in [0.1, 0.15) is 83.3 Å². The molecule has 0 atom stereocenters. The lowest BCUT2D eigenvalue weighted by Gasteiger charge is -2.15. The van der Waals surface area contributed by atoms with Crippen molar-refractivity contribution in [3.63, 3.8) is 0 Å². The highest BCUT2D eigenvalue weighted by molar-refractivity contribution is 5.95. The Balaban J connectivity index is 1.68. The summed E-state index contributed by atoms with van der Waals surface area (Å²) in [4.78, 5) is 12.0. The Bertz CT molecular complexity index is 866. The van der Waals surface area contributed by atoms with Gasteiger partial charge in [-0.1, -0.05) is 88.3 Å². The molecule has 3 nitrogen and oxygen atoms in total. The van der Waals surface area contributed by atoms with Crippen molar-refractivity contribution < 1.29 is 4.79 Å². The number of hydrazine groups is 1. The van der Waals surface area contributed by atoms with E-state index in [0.717, 1.165) is 17.7 Å². The fourth-order valence-electron chi connectivity index (χ4n) is 4.11. The number of hydrogen-bond acceptors (Lipinski definition) is 2. The number of unbranched alkanes of at least 4 members (excludes halogenated alkanes) is 7. The topological polar surface area (TPSA) is 41.1 Å². The molecule has 2 aromatic rings. The van der Waals surface area contributed by atoms with Crippen molar-refractivity contribution >= 4 is 22.8 Å². The van der Waals surface area contributed by atoms with Crippen molar-refractivity contribution in [1.82, 2.24) is 10.9 Å². The first kappa shape index (κ1) is 21.4. The van der Waals surface area contributed by atoms with Gasteiger partial charge >= 0.3 is 0 Å². The third-order valence-electron chi connectivity index (χ3n) is 6.20. The molecule has 0 bridgehead atoms. The lowest BCUT2D eigenvalue weighted by atomic mass is 9.88. The molecule has 0 aliphatic carbocycles. The average molecular weight is 393 g/mol. The Morgan fingerprint density at radius 1 is 0.828 bits per heavy atom. The van der Waals surface area contributed by atoms with Crippen LogP contribution in [-0.4, -0.2) is 5.91 Å². The van der Waals surface area contributed by atoms with Crippen LogP contribution in [0.15, 0.2) is 42.1 Å². The van der Waals surface area contributed by atoms with Gasteiger partial charge < -0.3 is 5.43 Å². The fraction of sp³-hybridized carbons (Fsp3) is 0.500. The molecule has 156 valence electrons. The summed E-state index contributed by atoms with van der Waals surface area (Å²) in [6.45, 7) is 6.17. The van der Waals surface area contributed by atoms with E-state index in [1.54, 1.807) is 0 Å². The van der Waals surface area contributed by atoms with Crippen LogP contribution in [0.25, 0.3) is 16.8 Å². The quantitative estimate of drug-likeness (QED) is 0.452. The molecule has 0 spiro atoms. The Labute approximate surface area is 175 Å². The molecular weight excluding hydrogens is 356 g/mol. The minimum Gasteiger partial charge on any atom is -0.302 e. The molecule has 1 aliphatic heterocycles. The molecule has 1 heterocycles. The summed E-state index contributed by atoms with van der Waals surface area (Å²) in [5.41, 5.74) is 8.77. The zero-order valence-corrected chi connectivity index (χ0v) is 18.3. The Morgan fingerprint density at radius 2 is 1.48 bits per heavy atom. The summed E-state index contributed by atoms with van der Waals surface area (Å²) in [6.07, 6.45) is 14.0. The average Bonchev–Trinajstić information content (AvgIpc) is 2.97. The molecule has 1 saturated heterocycles. The van der Waals surface area contributed by atoms with Gasteiger partial charge in [-0.3, -0.25) is 10.2 Å². The van der Waals surface area contributed by atoms with Crippen molar-refractivity contribution in [2.75, 3.05) is 0 Å². The molecule has 2 aromatic carbocycles. The maximum Gasteiger partial charge on any atom is 0.249 e. The maximum atomic E-state index is 12.0. The van der Waals surface area contributed by atoms with Crippen molar-refractivity contribution in [3.05, 3.63) is 53.2 Å². The van der Waals surface area contributed by atoms with Gasteiger partial charge in [0.15, 0.2) is 0 Å². The smallest absolute Gasteiger partial charge is 0.249 e. The maximum absolute atomic E-state index is 12.0. The minimum absolute atomic E-state index is 0.0133. The number of hydrogen-bond donors (Lipinski definition) is 2. The van der Waals surface area contributed by atoms with Crippen LogP contribution in [-0.2, 0) is 11.2 Å². The number of fused-ring (bicyclic) bond motifs is 1. The fourth-order valence-corrected chi connectivity index (χ4v) is 4.11. The van der Waals surface area contributed by atoms with Crippen LogP contribution in [0.5, 0.6) is 0 Å². The third kappa shape index (κ3) is 5.20. The van der Waals surface area contributed by atoms with Crippen LogP contribution >= 0.6 is 0 Å². The number of carbonyl (C=O) groups is 1. The van der Waals surface area contributed by atoms with E-state index >= 15 is 0 Å². The van der Waals surface area contributed by atoms with Crippen molar-refractivity contribution in [3.8, 4) is 0 Å². The summed E-state index contributed by atoms with van der Waals surface area (Å²) >= 11 is 0. The van der Waals surface area contributed by atoms with Gasteiger partial charge in [0, 0.05) is 5.70 Å². The summed E-state index contributed by atoms with van der Waals surface area (Å²) in [6, 6.07) is 13.1. The highest BCUT2D eigenvalue weighted by Crippen LogP contribution is 2.32. The minimum atomic E-state index is -0.531. The van der Waals surface area contributed by atoms with Gasteiger partial charge in [0.2, 0.25) is 5.91 Å². The molecular formula is C26H36N2O. The van der Waals surface area contributed by atoms with Gasteiger partial charge in [-0.25, -0.2) is 0 Å². The largest absolute Gasteiger partial charge is 0.302 e. The van der Waals surface area contributed by atoms with E-state index in [0.29, 0.717) is 0 Å². The second-order valence-electron chi connectivity index (χ2n) is 8.85. The van der Waals surface area contributed by atoms with Crippen LogP contribution in [0.2, 0.25) is 0 Å². The molecule has 0 saturated carbocycles. The van der Waals surface area contributed by atoms with E-state index < -0.39 is 5.41 Å². The van der Waals surface area contributed by atoms with E-state index in [4.69, 9.17) is 0 Å². The highest BCUT2D eigenvalue weighted by atomic mass is 16.2. The molecule has 1 fully saturated rings. The normalized spacial score (nSPS) is 16.9. The van der Waals surface area contributed by atoms with Gasteiger partial charge in [-0.2, -0.15) is 0 Å². The molecule has 29 heavy (non-hydrogen) atoms. The molecule has 0 unspecified atom stereocenters. The summed E-state index contributed by atoms with van der Waals surface area (Å²) < 4.78 is 0. The summed E-state index contributed by atoms with van der Waals surface area (Å²) in [5.74, 6) is 0.0133. The SMILES string of the molecule is CCCCCCCCCCc1ccc(/C=C2\NNC(=O)C2(C)C)c2ccccc12. The van der Waals surface area contributed by atoms with Crippen LogP contribution in [0, 0.1) is 5.41 Å². The number of nitrogens with one attached hydrogen (secondary N) is 2. The molecule has 3 heteroatoms. The number of benzene rings is 2. The lowest BCUT2D eigenvalue weighted by Crippen LogP contribution is -2.28. The third-order valence-corrected chi connectivity index (χ3v) is 6.20. The molecule has 3 rings (SSSR count). The second-order valence-corrected chi connectivity index (χ2v) is 8.85. The van der Waals surface area contributed by atoms with E-state index in [1.165, 1.54) is 67.7 Å². The van der Waals surface area contributed by atoms with E-state index in [9.17, 15) is 4.79 Å². The standard InChI is InChI=1S/C26H36N2O/c1-4-5-6-7-8-9-10-11-14-20-17-18-21(23-16-13-12-15-22(20)23)19-24-26(2,3)25(29)28-27-24/h12-13,15-19,27H,4-11,14H2,1-3H3,(H,28,29)/b24-19-. The zero-order chi connectivity index (χ0) is 20.7. The van der Waals surface area contributed by atoms with Gasteiger partial charge in [0.25, 0.3) is 0 Å². The highest BCUT2D eigenvalue weighted by Gasteiger charge is 2.37. The Morgan fingerprint density at radius 3 is 2.14 bits per heavy atom. The van der Waals surface area contributed by atoms with Gasteiger partial charge in [0.05, 0.1) is 5.41 Å². The Hall–Kier alpha value is -2.29. The van der Waals surface area contributed by atoms with Crippen LogP contribution in [0.3, 0.4) is 0 Å². The molecule has 2 N–H and O–H groups in total. The van der Waals surface area contributed by atoms with E-state index in [1.807, 2.05) is 13.8 Å². The van der Waals surface area contributed by atoms with Gasteiger partial charge in [-0.15, -0.1) is 0 Å².